The summed E-state index contributed by atoms with van der Waals surface area (Å²) in [7, 11) is 0. The van der Waals surface area contributed by atoms with E-state index in [0.717, 1.165) is 24.8 Å². The van der Waals surface area contributed by atoms with Crippen molar-refractivity contribution in [2.45, 2.75) is 45.2 Å². The van der Waals surface area contributed by atoms with E-state index < -0.39 is 24.5 Å². The lowest BCUT2D eigenvalue weighted by Gasteiger charge is -2.26. The second-order valence-electron chi connectivity index (χ2n) is 7.99. The third-order valence-corrected chi connectivity index (χ3v) is 5.71. The normalized spacial score (nSPS) is 16.2. The topological polar surface area (TPSA) is 84.5 Å². The molecule has 164 valence electrons. The van der Waals surface area contributed by atoms with Gasteiger partial charge in [-0.1, -0.05) is 61.8 Å². The molecular weight excluding hydrogens is 416 g/mol. The van der Waals surface area contributed by atoms with Gasteiger partial charge in [0.2, 0.25) is 0 Å². The predicted octanol–water partition coefficient (Wildman–Crippen LogP) is 3.83. The number of amides is 2. The van der Waals surface area contributed by atoms with Crippen LogP contribution in [0.4, 0.5) is 0 Å². The number of fused-ring (bicyclic) bond motifs is 1. The van der Waals surface area contributed by atoms with E-state index in [4.69, 9.17) is 16.3 Å². The molecule has 2 amide bonds. The zero-order chi connectivity index (χ0) is 22.4. The van der Waals surface area contributed by atoms with Gasteiger partial charge in [-0.3, -0.25) is 9.59 Å². The Labute approximate surface area is 187 Å². The van der Waals surface area contributed by atoms with E-state index in [-0.39, 0.29) is 23.4 Å². The van der Waals surface area contributed by atoms with E-state index in [1.807, 2.05) is 18.2 Å². The molecular formula is C24H27ClN2O4. The third kappa shape index (κ3) is 5.85. The molecule has 0 spiro atoms. The Balaban J connectivity index is 1.56. The molecule has 0 bridgehead atoms. The van der Waals surface area contributed by atoms with Crippen LogP contribution in [-0.4, -0.2) is 30.4 Å². The van der Waals surface area contributed by atoms with Crippen LogP contribution in [0, 0.1) is 5.92 Å². The molecule has 31 heavy (non-hydrogen) atoms. The standard InChI is InChI=1S/C24H27ClN2O4/c1-15(2)22(27-23(29)18-11-5-6-12-19(18)25)24(30)31-14-21(28)26-20-13-7-9-16-8-3-4-10-17(16)20/h3-6,8,10-12,15,20,22H,7,9,13-14H2,1-2H3,(H,26,28)(H,27,29)/t20-,22+/m0/s1. The maximum atomic E-state index is 12.6. The highest BCUT2D eigenvalue weighted by Crippen LogP contribution is 2.29. The van der Waals surface area contributed by atoms with Crippen LogP contribution in [0.1, 0.15) is 54.2 Å². The minimum Gasteiger partial charge on any atom is -0.454 e. The van der Waals surface area contributed by atoms with Crippen molar-refractivity contribution in [1.82, 2.24) is 10.6 Å². The van der Waals surface area contributed by atoms with Crippen molar-refractivity contribution < 1.29 is 19.1 Å². The Hall–Kier alpha value is -2.86. The smallest absolute Gasteiger partial charge is 0.329 e. The van der Waals surface area contributed by atoms with Gasteiger partial charge in [0.15, 0.2) is 6.61 Å². The second-order valence-corrected chi connectivity index (χ2v) is 8.40. The molecule has 7 heteroatoms. The highest BCUT2D eigenvalue weighted by atomic mass is 35.5. The van der Waals surface area contributed by atoms with E-state index in [1.165, 1.54) is 5.56 Å². The molecule has 2 N–H and O–H groups in total. The summed E-state index contributed by atoms with van der Waals surface area (Å²) in [6.07, 6.45) is 2.84. The van der Waals surface area contributed by atoms with Gasteiger partial charge in [0.1, 0.15) is 6.04 Å². The first kappa shape index (κ1) is 22.8. The van der Waals surface area contributed by atoms with Crippen LogP contribution in [0.5, 0.6) is 0 Å². The SMILES string of the molecule is CC(C)[C@@H](NC(=O)c1ccccc1Cl)C(=O)OCC(=O)N[C@H]1CCCc2ccccc21. The zero-order valence-electron chi connectivity index (χ0n) is 17.7. The number of hydrogen-bond acceptors (Lipinski definition) is 4. The lowest BCUT2D eigenvalue weighted by atomic mass is 9.88. The van der Waals surface area contributed by atoms with E-state index in [2.05, 4.69) is 16.7 Å². The first-order valence-corrected chi connectivity index (χ1v) is 10.8. The molecule has 6 nitrogen and oxygen atoms in total. The largest absolute Gasteiger partial charge is 0.454 e. The van der Waals surface area contributed by atoms with E-state index in [0.29, 0.717) is 5.02 Å². The molecule has 2 atom stereocenters. The molecule has 1 aliphatic carbocycles. The lowest BCUT2D eigenvalue weighted by Crippen LogP contribution is -2.46. The Kier molecular flexibility index (Phi) is 7.69. The maximum absolute atomic E-state index is 12.6. The van der Waals surface area contributed by atoms with Gasteiger partial charge in [0.05, 0.1) is 16.6 Å². The molecule has 0 saturated heterocycles. The number of carbonyl (C=O) groups is 3. The molecule has 0 aromatic heterocycles. The number of hydrogen-bond donors (Lipinski definition) is 2. The molecule has 0 saturated carbocycles. The summed E-state index contributed by atoms with van der Waals surface area (Å²) in [5, 5.41) is 5.91. The van der Waals surface area contributed by atoms with Crippen molar-refractivity contribution >= 4 is 29.4 Å². The quantitative estimate of drug-likeness (QED) is 0.638. The van der Waals surface area contributed by atoms with Gasteiger partial charge in [-0.05, 0) is 48.4 Å². The fraction of sp³-hybridized carbons (Fsp3) is 0.375. The van der Waals surface area contributed by atoms with Crippen molar-refractivity contribution in [3.8, 4) is 0 Å². The first-order chi connectivity index (χ1) is 14.9. The number of ether oxygens (including phenoxy) is 1. The summed E-state index contributed by atoms with van der Waals surface area (Å²) < 4.78 is 5.23. The number of benzene rings is 2. The van der Waals surface area contributed by atoms with Gasteiger partial charge in [-0.25, -0.2) is 4.79 Å². The van der Waals surface area contributed by atoms with Crippen molar-refractivity contribution in [3.63, 3.8) is 0 Å². The summed E-state index contributed by atoms with van der Waals surface area (Å²) >= 11 is 6.06. The van der Waals surface area contributed by atoms with Crippen molar-refractivity contribution in [2.75, 3.05) is 6.61 Å². The van der Waals surface area contributed by atoms with E-state index in [9.17, 15) is 14.4 Å². The fourth-order valence-corrected chi connectivity index (χ4v) is 3.95. The van der Waals surface area contributed by atoms with Gasteiger partial charge >= 0.3 is 5.97 Å². The number of carbonyl (C=O) groups excluding carboxylic acids is 3. The number of aryl methyl sites for hydroxylation is 1. The van der Waals surface area contributed by atoms with Gasteiger partial charge < -0.3 is 15.4 Å². The van der Waals surface area contributed by atoms with Crippen molar-refractivity contribution in [3.05, 3.63) is 70.2 Å². The Morgan fingerprint density at radius 3 is 2.55 bits per heavy atom. The van der Waals surface area contributed by atoms with Gasteiger partial charge in [0, 0.05) is 0 Å². The van der Waals surface area contributed by atoms with Crippen LogP contribution in [0.15, 0.2) is 48.5 Å². The van der Waals surface area contributed by atoms with Crippen molar-refractivity contribution in [1.29, 1.82) is 0 Å². The van der Waals surface area contributed by atoms with Crippen LogP contribution in [0.3, 0.4) is 0 Å². The molecule has 1 aliphatic rings. The highest BCUT2D eigenvalue weighted by molar-refractivity contribution is 6.33. The molecule has 2 aromatic carbocycles. The third-order valence-electron chi connectivity index (χ3n) is 5.38. The van der Waals surface area contributed by atoms with Crippen LogP contribution < -0.4 is 10.6 Å². The molecule has 0 aliphatic heterocycles. The molecule has 0 fully saturated rings. The number of rotatable bonds is 7. The average molecular weight is 443 g/mol. The van der Waals surface area contributed by atoms with Crippen LogP contribution in [-0.2, 0) is 20.7 Å². The fourth-order valence-electron chi connectivity index (χ4n) is 3.73. The summed E-state index contributed by atoms with van der Waals surface area (Å²) in [5.41, 5.74) is 2.62. The minimum absolute atomic E-state index is 0.0861. The molecule has 0 unspecified atom stereocenters. The monoisotopic (exact) mass is 442 g/mol. The number of halogens is 1. The van der Waals surface area contributed by atoms with Crippen LogP contribution in [0.25, 0.3) is 0 Å². The van der Waals surface area contributed by atoms with Crippen LogP contribution >= 0.6 is 11.6 Å². The zero-order valence-corrected chi connectivity index (χ0v) is 18.4. The molecule has 0 radical (unpaired) electrons. The predicted molar refractivity (Wildman–Crippen MR) is 119 cm³/mol. The Morgan fingerprint density at radius 2 is 1.81 bits per heavy atom. The highest BCUT2D eigenvalue weighted by Gasteiger charge is 2.28. The summed E-state index contributed by atoms with van der Waals surface area (Å²) in [5.74, 6) is -1.72. The minimum atomic E-state index is -0.896. The summed E-state index contributed by atoms with van der Waals surface area (Å²) in [6.45, 7) is 3.18. The maximum Gasteiger partial charge on any atom is 0.329 e. The Bertz CT molecular complexity index is 960. The van der Waals surface area contributed by atoms with E-state index >= 15 is 0 Å². The number of esters is 1. The Morgan fingerprint density at radius 1 is 1.10 bits per heavy atom. The van der Waals surface area contributed by atoms with Gasteiger partial charge in [-0.15, -0.1) is 0 Å². The summed E-state index contributed by atoms with van der Waals surface area (Å²) in [6, 6.07) is 13.7. The van der Waals surface area contributed by atoms with Gasteiger partial charge in [0.25, 0.3) is 11.8 Å². The van der Waals surface area contributed by atoms with Crippen molar-refractivity contribution in [2.24, 2.45) is 5.92 Å². The first-order valence-electron chi connectivity index (χ1n) is 10.5. The second kappa shape index (κ2) is 10.4. The number of nitrogens with one attached hydrogen (secondary N) is 2. The van der Waals surface area contributed by atoms with Crippen LogP contribution in [0.2, 0.25) is 5.02 Å². The van der Waals surface area contributed by atoms with E-state index in [1.54, 1.807) is 38.1 Å². The average Bonchev–Trinajstić information content (AvgIpc) is 2.76. The lowest BCUT2D eigenvalue weighted by molar-refractivity contribution is -0.151. The molecule has 3 rings (SSSR count). The van der Waals surface area contributed by atoms with Gasteiger partial charge in [-0.2, -0.15) is 0 Å². The summed E-state index contributed by atoms with van der Waals surface area (Å²) in [4.78, 5) is 37.5. The molecule has 2 aromatic rings. The molecule has 0 heterocycles.